The van der Waals surface area contributed by atoms with Crippen molar-refractivity contribution in [1.29, 1.82) is 0 Å². The lowest BCUT2D eigenvalue weighted by atomic mass is 10.2. The van der Waals surface area contributed by atoms with Crippen molar-refractivity contribution in [2.24, 2.45) is 0 Å². The molecule has 78 valence electrons. The summed E-state index contributed by atoms with van der Waals surface area (Å²) >= 11 is 0. The Morgan fingerprint density at radius 3 is 2.73 bits per heavy atom. The lowest BCUT2D eigenvalue weighted by molar-refractivity contribution is -0.134. The van der Waals surface area contributed by atoms with Gasteiger partial charge < -0.3 is 10.2 Å². The van der Waals surface area contributed by atoms with E-state index in [1.165, 1.54) is 6.33 Å². The Hall–Kier alpha value is -2.17. The number of benzene rings is 1. The van der Waals surface area contributed by atoms with Crippen molar-refractivity contribution in [1.82, 2.24) is 9.97 Å². The molecule has 0 aliphatic heterocycles. The molecule has 2 rings (SSSR count). The molecule has 0 fully saturated rings. The molecule has 5 nitrogen and oxygen atoms in total. The highest BCUT2D eigenvalue weighted by Gasteiger charge is 1.93. The summed E-state index contributed by atoms with van der Waals surface area (Å²) in [6, 6.07) is 5.00. The lowest BCUT2D eigenvalue weighted by Gasteiger charge is -1.94. The molecule has 1 aromatic heterocycles. The molecule has 0 aliphatic rings. The van der Waals surface area contributed by atoms with Gasteiger partial charge in [-0.25, -0.2) is 9.97 Å². The van der Waals surface area contributed by atoms with Gasteiger partial charge in [0.05, 0.1) is 5.52 Å². The second kappa shape index (κ2) is 4.90. The number of fused-ring (bicyclic) bond motifs is 1. The maximum absolute atomic E-state index is 9.07. The molecule has 5 heteroatoms. The SMILES string of the molecule is CC(=O)O.Oc1ccc2ncncc2c1. The number of carboxylic acid groups (broad SMARTS) is 1. The Morgan fingerprint density at radius 2 is 2.07 bits per heavy atom. The van der Waals surface area contributed by atoms with Crippen LogP contribution in [0.3, 0.4) is 0 Å². The van der Waals surface area contributed by atoms with Gasteiger partial charge in [0.1, 0.15) is 12.1 Å². The molecule has 0 radical (unpaired) electrons. The first-order chi connectivity index (χ1) is 7.09. The smallest absolute Gasteiger partial charge is 0.300 e. The normalized spacial score (nSPS) is 9.13. The zero-order chi connectivity index (χ0) is 11.3. The maximum Gasteiger partial charge on any atom is 0.300 e. The van der Waals surface area contributed by atoms with Crippen LogP contribution in [0.1, 0.15) is 6.92 Å². The number of phenols is 1. The van der Waals surface area contributed by atoms with Crippen molar-refractivity contribution >= 4 is 16.9 Å². The second-order valence-corrected chi connectivity index (χ2v) is 2.78. The van der Waals surface area contributed by atoms with E-state index < -0.39 is 5.97 Å². The van der Waals surface area contributed by atoms with Crippen LogP contribution < -0.4 is 0 Å². The number of aliphatic carboxylic acids is 1. The molecule has 0 aliphatic carbocycles. The van der Waals surface area contributed by atoms with E-state index in [2.05, 4.69) is 9.97 Å². The zero-order valence-electron chi connectivity index (χ0n) is 8.08. The molecule has 0 saturated heterocycles. The molecule has 0 amide bonds. The van der Waals surface area contributed by atoms with Crippen LogP contribution >= 0.6 is 0 Å². The number of carbonyl (C=O) groups is 1. The Balaban J connectivity index is 0.000000245. The predicted molar refractivity (Wildman–Crippen MR) is 54.5 cm³/mol. The fraction of sp³-hybridized carbons (Fsp3) is 0.100. The summed E-state index contributed by atoms with van der Waals surface area (Å²) in [5.41, 5.74) is 0.845. The number of aromatic nitrogens is 2. The van der Waals surface area contributed by atoms with Crippen molar-refractivity contribution in [2.45, 2.75) is 6.92 Å². The van der Waals surface area contributed by atoms with E-state index in [-0.39, 0.29) is 5.75 Å². The monoisotopic (exact) mass is 206 g/mol. The number of nitrogens with zero attached hydrogens (tertiary/aromatic N) is 2. The zero-order valence-corrected chi connectivity index (χ0v) is 8.08. The van der Waals surface area contributed by atoms with Crippen LogP contribution in [0.25, 0.3) is 10.9 Å². The average Bonchev–Trinajstić information content (AvgIpc) is 2.16. The molecular formula is C10H10N2O3. The molecular weight excluding hydrogens is 196 g/mol. The summed E-state index contributed by atoms with van der Waals surface area (Å²) in [6.45, 7) is 1.08. The van der Waals surface area contributed by atoms with Crippen molar-refractivity contribution in [3.63, 3.8) is 0 Å². The summed E-state index contributed by atoms with van der Waals surface area (Å²) in [5.74, 6) is -0.590. The minimum atomic E-state index is -0.833. The van der Waals surface area contributed by atoms with Gasteiger partial charge in [0.25, 0.3) is 5.97 Å². The molecule has 15 heavy (non-hydrogen) atoms. The van der Waals surface area contributed by atoms with Gasteiger partial charge in [-0.1, -0.05) is 0 Å². The highest BCUT2D eigenvalue weighted by atomic mass is 16.4. The third-order valence-electron chi connectivity index (χ3n) is 1.49. The topological polar surface area (TPSA) is 83.3 Å². The molecule has 0 bridgehead atoms. The van der Waals surface area contributed by atoms with E-state index in [9.17, 15) is 0 Å². The first-order valence-corrected chi connectivity index (χ1v) is 4.18. The minimum Gasteiger partial charge on any atom is -0.508 e. The van der Waals surface area contributed by atoms with Crippen molar-refractivity contribution in [3.05, 3.63) is 30.7 Å². The third kappa shape index (κ3) is 3.60. The van der Waals surface area contributed by atoms with E-state index in [0.717, 1.165) is 17.8 Å². The van der Waals surface area contributed by atoms with Gasteiger partial charge in [-0.3, -0.25) is 4.79 Å². The number of rotatable bonds is 0. The highest BCUT2D eigenvalue weighted by molar-refractivity contribution is 5.78. The average molecular weight is 206 g/mol. The number of aromatic hydroxyl groups is 1. The van der Waals surface area contributed by atoms with Crippen LogP contribution in [0.2, 0.25) is 0 Å². The summed E-state index contributed by atoms with van der Waals surface area (Å²) in [4.78, 5) is 16.8. The van der Waals surface area contributed by atoms with Crippen LogP contribution in [0, 0.1) is 0 Å². The molecule has 0 atom stereocenters. The van der Waals surface area contributed by atoms with E-state index >= 15 is 0 Å². The molecule has 0 unspecified atom stereocenters. The maximum atomic E-state index is 9.07. The number of phenolic OH excluding ortho intramolecular Hbond substituents is 1. The van der Waals surface area contributed by atoms with Gasteiger partial charge >= 0.3 is 0 Å². The number of hydrogen-bond donors (Lipinski definition) is 2. The second-order valence-electron chi connectivity index (χ2n) is 2.78. The Labute approximate surface area is 86.0 Å². The minimum absolute atomic E-state index is 0.243. The first kappa shape index (κ1) is 10.9. The van der Waals surface area contributed by atoms with E-state index in [1.807, 2.05) is 0 Å². The van der Waals surface area contributed by atoms with Gasteiger partial charge in [0.2, 0.25) is 0 Å². The van der Waals surface area contributed by atoms with Crippen molar-refractivity contribution in [2.75, 3.05) is 0 Å². The Bertz CT molecular complexity index is 467. The van der Waals surface area contributed by atoms with E-state index in [1.54, 1.807) is 24.4 Å². The van der Waals surface area contributed by atoms with Gasteiger partial charge in [-0.2, -0.15) is 0 Å². The summed E-state index contributed by atoms with van der Waals surface area (Å²) in [5, 5.41) is 17.3. The van der Waals surface area contributed by atoms with Crippen LogP contribution in [0.15, 0.2) is 30.7 Å². The van der Waals surface area contributed by atoms with Crippen LogP contribution in [-0.4, -0.2) is 26.2 Å². The Morgan fingerprint density at radius 1 is 1.40 bits per heavy atom. The fourth-order valence-electron chi connectivity index (χ4n) is 0.972. The molecule has 1 heterocycles. The molecule has 0 saturated carbocycles. The van der Waals surface area contributed by atoms with Gasteiger partial charge in [-0.05, 0) is 18.2 Å². The molecule has 2 aromatic rings. The number of hydrogen-bond acceptors (Lipinski definition) is 4. The van der Waals surface area contributed by atoms with Gasteiger partial charge in [0.15, 0.2) is 0 Å². The largest absolute Gasteiger partial charge is 0.508 e. The van der Waals surface area contributed by atoms with E-state index in [4.69, 9.17) is 15.0 Å². The first-order valence-electron chi connectivity index (χ1n) is 4.18. The fourth-order valence-corrected chi connectivity index (χ4v) is 0.972. The highest BCUT2D eigenvalue weighted by Crippen LogP contribution is 2.15. The van der Waals surface area contributed by atoms with Crippen LogP contribution in [-0.2, 0) is 4.79 Å². The molecule has 0 spiro atoms. The number of carboxylic acids is 1. The van der Waals surface area contributed by atoms with E-state index in [0.29, 0.717) is 0 Å². The van der Waals surface area contributed by atoms with Gasteiger partial charge in [-0.15, -0.1) is 0 Å². The lowest BCUT2D eigenvalue weighted by Crippen LogP contribution is -1.78. The molecule has 1 aromatic carbocycles. The Kier molecular flexibility index (Phi) is 3.56. The van der Waals surface area contributed by atoms with Crippen LogP contribution in [0.4, 0.5) is 0 Å². The van der Waals surface area contributed by atoms with Crippen molar-refractivity contribution < 1.29 is 15.0 Å². The van der Waals surface area contributed by atoms with Crippen LogP contribution in [0.5, 0.6) is 5.75 Å². The third-order valence-corrected chi connectivity index (χ3v) is 1.49. The predicted octanol–water partition coefficient (Wildman–Crippen LogP) is 1.43. The molecule has 2 N–H and O–H groups in total. The summed E-state index contributed by atoms with van der Waals surface area (Å²) in [6.07, 6.45) is 3.15. The van der Waals surface area contributed by atoms with Crippen molar-refractivity contribution in [3.8, 4) is 5.75 Å². The summed E-state index contributed by atoms with van der Waals surface area (Å²) < 4.78 is 0. The quantitative estimate of drug-likeness (QED) is 0.681. The standard InChI is InChI=1S/C8H6N2O.C2H4O2/c11-7-1-2-8-6(3-7)4-9-5-10-8;1-2(3)4/h1-5,11H;1H3,(H,3,4). The van der Waals surface area contributed by atoms with Gasteiger partial charge in [0, 0.05) is 18.5 Å². The summed E-state index contributed by atoms with van der Waals surface area (Å²) in [7, 11) is 0.